The largest absolute Gasteiger partial charge is 0.493 e. The van der Waals surface area contributed by atoms with Crippen LogP contribution in [0, 0.1) is 5.41 Å². The Balaban J connectivity index is 1.65. The van der Waals surface area contributed by atoms with E-state index in [0.717, 1.165) is 22.2 Å². The molecule has 0 bridgehead atoms. The number of aromatic nitrogens is 2. The van der Waals surface area contributed by atoms with Crippen molar-refractivity contribution in [2.75, 3.05) is 20.2 Å². The van der Waals surface area contributed by atoms with E-state index >= 15 is 0 Å². The molecule has 2 N–H and O–H groups in total. The van der Waals surface area contributed by atoms with Crippen LogP contribution in [0.25, 0.3) is 11.0 Å². The van der Waals surface area contributed by atoms with Crippen LogP contribution in [-0.2, 0) is 19.0 Å². The number of ketones is 1. The third kappa shape index (κ3) is 4.04. The van der Waals surface area contributed by atoms with E-state index in [0.29, 0.717) is 35.6 Å². The van der Waals surface area contributed by atoms with E-state index in [-0.39, 0.29) is 29.5 Å². The van der Waals surface area contributed by atoms with E-state index in [2.05, 4.69) is 31.1 Å². The van der Waals surface area contributed by atoms with E-state index in [1.165, 1.54) is 0 Å². The number of hydrogen-bond acceptors (Lipinski definition) is 5. The summed E-state index contributed by atoms with van der Waals surface area (Å²) in [6, 6.07) is 7.30. The number of Topliss-reactive ketones (excluding diaryl/α,β-unsaturated/α-hetero) is 1. The van der Waals surface area contributed by atoms with Gasteiger partial charge in [-0.3, -0.25) is 15.0 Å². The highest BCUT2D eigenvalue weighted by Gasteiger charge is 2.30. The molecular formula is C26H31N5O3. The van der Waals surface area contributed by atoms with Gasteiger partial charge < -0.3 is 19.5 Å². The van der Waals surface area contributed by atoms with Gasteiger partial charge in [0.05, 0.1) is 36.1 Å². The van der Waals surface area contributed by atoms with E-state index in [4.69, 9.17) is 10.1 Å². The van der Waals surface area contributed by atoms with Gasteiger partial charge >= 0.3 is 0 Å². The standard InChI is InChI=1S/C26H31N5O3/c1-7-34-22-10-16-12-31(24(27)17(16)11-18(22)25(33)28-5)13-21(32)15-8-19(26(2,3)4)23-20(9-15)30(6)14-29-23/h8-11,14,27H,7,12-13H2,1-6H3,(H,28,33). The van der Waals surface area contributed by atoms with Gasteiger partial charge in [-0.2, -0.15) is 0 Å². The van der Waals surface area contributed by atoms with Gasteiger partial charge in [0, 0.05) is 31.8 Å². The van der Waals surface area contributed by atoms with Crippen LogP contribution < -0.4 is 10.1 Å². The molecule has 0 aliphatic carbocycles. The van der Waals surface area contributed by atoms with Gasteiger partial charge in [0.2, 0.25) is 0 Å². The number of fused-ring (bicyclic) bond motifs is 2. The second-order valence-corrected chi connectivity index (χ2v) is 9.64. The third-order valence-electron chi connectivity index (χ3n) is 6.20. The van der Waals surface area contributed by atoms with Crippen molar-refractivity contribution < 1.29 is 14.3 Å². The lowest BCUT2D eigenvalue weighted by atomic mass is 9.84. The SMILES string of the molecule is CCOc1cc2c(cc1C(=O)NC)C(=N)N(CC(=O)c1cc(C(C)(C)C)c3ncn(C)c3c1)C2. The Labute approximate surface area is 199 Å². The zero-order chi connectivity index (χ0) is 24.8. The normalized spacial score (nSPS) is 13.4. The Kier molecular flexibility index (Phi) is 5.93. The number of benzene rings is 2. The van der Waals surface area contributed by atoms with E-state index in [1.54, 1.807) is 24.3 Å². The minimum absolute atomic E-state index is 0.0669. The first-order chi connectivity index (χ1) is 16.0. The molecule has 8 heteroatoms. The molecule has 0 fully saturated rings. The van der Waals surface area contributed by atoms with Crippen LogP contribution in [0.4, 0.5) is 0 Å². The van der Waals surface area contributed by atoms with Gasteiger partial charge in [0.25, 0.3) is 5.91 Å². The Morgan fingerprint density at radius 1 is 1.21 bits per heavy atom. The van der Waals surface area contributed by atoms with Gasteiger partial charge in [-0.15, -0.1) is 0 Å². The summed E-state index contributed by atoms with van der Waals surface area (Å²) in [6.07, 6.45) is 1.76. The molecule has 0 saturated heterocycles. The highest BCUT2D eigenvalue weighted by Crippen LogP contribution is 2.33. The maximum atomic E-state index is 13.4. The first kappa shape index (κ1) is 23.5. The average molecular weight is 462 g/mol. The van der Waals surface area contributed by atoms with Crippen molar-refractivity contribution in [2.45, 2.75) is 39.7 Å². The minimum Gasteiger partial charge on any atom is -0.493 e. The van der Waals surface area contributed by atoms with Crippen LogP contribution in [0.1, 0.15) is 65.1 Å². The zero-order valence-electron chi connectivity index (χ0n) is 20.6. The van der Waals surface area contributed by atoms with Crippen molar-refractivity contribution >= 4 is 28.6 Å². The minimum atomic E-state index is -0.271. The molecule has 4 rings (SSSR count). The molecule has 0 saturated carbocycles. The summed E-state index contributed by atoms with van der Waals surface area (Å²) in [5.41, 5.74) is 5.16. The van der Waals surface area contributed by atoms with Crippen LogP contribution in [0.15, 0.2) is 30.6 Å². The second kappa shape index (κ2) is 8.59. The van der Waals surface area contributed by atoms with Crippen molar-refractivity contribution in [1.29, 1.82) is 5.41 Å². The maximum absolute atomic E-state index is 13.4. The second-order valence-electron chi connectivity index (χ2n) is 9.64. The Bertz CT molecular complexity index is 1320. The summed E-state index contributed by atoms with van der Waals surface area (Å²) >= 11 is 0. The number of carbonyl (C=O) groups excluding carboxylic acids is 2. The fourth-order valence-corrected chi connectivity index (χ4v) is 4.38. The van der Waals surface area contributed by atoms with E-state index < -0.39 is 0 Å². The first-order valence-corrected chi connectivity index (χ1v) is 11.4. The monoisotopic (exact) mass is 461 g/mol. The molecule has 1 aliphatic rings. The molecule has 1 amide bonds. The van der Waals surface area contributed by atoms with Crippen LogP contribution in [0.3, 0.4) is 0 Å². The number of aryl methyl sites for hydroxylation is 1. The number of ether oxygens (including phenoxy) is 1. The number of nitrogens with one attached hydrogen (secondary N) is 2. The van der Waals surface area contributed by atoms with Crippen LogP contribution in [-0.4, -0.2) is 52.2 Å². The number of rotatable bonds is 6. The number of hydrogen-bond donors (Lipinski definition) is 2. The number of nitrogens with zero attached hydrogens (tertiary/aromatic N) is 3. The summed E-state index contributed by atoms with van der Waals surface area (Å²) < 4.78 is 7.59. The summed E-state index contributed by atoms with van der Waals surface area (Å²) in [6.45, 7) is 9.09. The predicted molar refractivity (Wildman–Crippen MR) is 132 cm³/mol. The topological polar surface area (TPSA) is 100 Å². The van der Waals surface area contributed by atoms with Gasteiger partial charge in [0.1, 0.15) is 11.6 Å². The molecule has 0 spiro atoms. The molecule has 2 aromatic carbocycles. The molecule has 1 aliphatic heterocycles. The van der Waals surface area contributed by atoms with Crippen LogP contribution in [0.5, 0.6) is 5.75 Å². The van der Waals surface area contributed by atoms with Gasteiger partial charge in [-0.25, -0.2) is 4.98 Å². The third-order valence-corrected chi connectivity index (χ3v) is 6.20. The van der Waals surface area contributed by atoms with Crippen LogP contribution in [0.2, 0.25) is 0 Å². The zero-order valence-corrected chi connectivity index (χ0v) is 20.6. The summed E-state index contributed by atoms with van der Waals surface area (Å²) in [5, 5.41) is 11.3. The summed E-state index contributed by atoms with van der Waals surface area (Å²) in [5.74, 6) is 0.378. The summed E-state index contributed by atoms with van der Waals surface area (Å²) in [4.78, 5) is 32.0. The molecule has 0 atom stereocenters. The van der Waals surface area contributed by atoms with Crippen molar-refractivity contribution in [3.8, 4) is 5.75 Å². The highest BCUT2D eigenvalue weighted by atomic mass is 16.5. The fraction of sp³-hybridized carbons (Fsp3) is 0.385. The molecule has 8 nitrogen and oxygen atoms in total. The molecular weight excluding hydrogens is 430 g/mol. The summed E-state index contributed by atoms with van der Waals surface area (Å²) in [7, 11) is 3.48. The molecule has 34 heavy (non-hydrogen) atoms. The van der Waals surface area contributed by atoms with Crippen molar-refractivity contribution in [3.05, 3.63) is 58.4 Å². The van der Waals surface area contributed by atoms with Gasteiger partial charge in [-0.1, -0.05) is 20.8 Å². The smallest absolute Gasteiger partial charge is 0.254 e. The quantitative estimate of drug-likeness (QED) is 0.546. The lowest BCUT2D eigenvalue weighted by Crippen LogP contribution is -2.30. The number of amides is 1. The average Bonchev–Trinajstić information content (AvgIpc) is 3.31. The van der Waals surface area contributed by atoms with Crippen molar-refractivity contribution in [2.24, 2.45) is 7.05 Å². The van der Waals surface area contributed by atoms with E-state index in [1.807, 2.05) is 36.7 Å². The first-order valence-electron chi connectivity index (χ1n) is 11.4. The molecule has 178 valence electrons. The molecule has 0 radical (unpaired) electrons. The predicted octanol–water partition coefficient (Wildman–Crippen LogP) is 3.65. The van der Waals surface area contributed by atoms with Crippen molar-refractivity contribution in [3.63, 3.8) is 0 Å². The van der Waals surface area contributed by atoms with Crippen LogP contribution >= 0.6 is 0 Å². The van der Waals surface area contributed by atoms with Crippen molar-refractivity contribution in [1.82, 2.24) is 19.8 Å². The highest BCUT2D eigenvalue weighted by molar-refractivity contribution is 6.08. The molecule has 3 aromatic rings. The fourth-order valence-electron chi connectivity index (χ4n) is 4.38. The lowest BCUT2D eigenvalue weighted by Gasteiger charge is -2.22. The molecule has 2 heterocycles. The molecule has 1 aromatic heterocycles. The Hall–Kier alpha value is -3.68. The van der Waals surface area contributed by atoms with E-state index in [9.17, 15) is 9.59 Å². The lowest BCUT2D eigenvalue weighted by molar-refractivity contribution is 0.0953. The Morgan fingerprint density at radius 3 is 2.59 bits per heavy atom. The van der Waals surface area contributed by atoms with Gasteiger partial charge in [0.15, 0.2) is 5.78 Å². The maximum Gasteiger partial charge on any atom is 0.254 e. The Morgan fingerprint density at radius 2 is 1.94 bits per heavy atom. The number of carbonyl (C=O) groups is 2. The van der Waals surface area contributed by atoms with Gasteiger partial charge in [-0.05, 0) is 47.7 Å². The number of amidine groups is 1. The molecule has 0 unspecified atom stereocenters. The number of imidazole rings is 1.